The molecule has 178 valence electrons. The van der Waals surface area contributed by atoms with E-state index in [9.17, 15) is 4.79 Å². The zero-order valence-corrected chi connectivity index (χ0v) is 20.6. The molecule has 1 unspecified atom stereocenters. The second kappa shape index (κ2) is 9.55. The fourth-order valence-corrected chi connectivity index (χ4v) is 5.40. The Morgan fingerprint density at radius 3 is 2.74 bits per heavy atom. The predicted molar refractivity (Wildman–Crippen MR) is 141 cm³/mol. The number of rotatable bonds is 6. The zero-order chi connectivity index (χ0) is 22.4. The first kappa shape index (κ1) is 23.1. The molecule has 0 bridgehead atoms. The SMILES string of the molecule is Cl.Cn1c(-c2cc3ccccc3n2CC2CC2)nc2cc(C(=O)CC3CCCCNC3)ccc21. The molecule has 0 spiro atoms. The van der Waals surface area contributed by atoms with E-state index in [0.29, 0.717) is 12.3 Å². The molecule has 1 aliphatic carbocycles. The maximum absolute atomic E-state index is 13.1. The summed E-state index contributed by atoms with van der Waals surface area (Å²) in [5.74, 6) is 2.42. The van der Waals surface area contributed by atoms with Crippen molar-refractivity contribution in [3.8, 4) is 11.5 Å². The number of hydrogen-bond acceptors (Lipinski definition) is 3. The Morgan fingerprint density at radius 1 is 1.03 bits per heavy atom. The van der Waals surface area contributed by atoms with Crippen molar-refractivity contribution in [3.63, 3.8) is 0 Å². The number of nitrogens with zero attached hydrogens (tertiary/aromatic N) is 3. The van der Waals surface area contributed by atoms with E-state index in [-0.39, 0.29) is 18.2 Å². The van der Waals surface area contributed by atoms with Crippen LogP contribution in [-0.4, -0.2) is 33.0 Å². The van der Waals surface area contributed by atoms with Gasteiger partial charge >= 0.3 is 0 Å². The highest BCUT2D eigenvalue weighted by Crippen LogP contribution is 2.36. The Kier molecular flexibility index (Phi) is 6.50. The third-order valence-corrected chi connectivity index (χ3v) is 7.50. The van der Waals surface area contributed by atoms with Crippen LogP contribution < -0.4 is 5.32 Å². The van der Waals surface area contributed by atoms with Crippen LogP contribution in [-0.2, 0) is 13.6 Å². The molecule has 2 aliphatic rings. The Balaban J connectivity index is 0.00000241. The van der Waals surface area contributed by atoms with Gasteiger partial charge in [-0.25, -0.2) is 4.98 Å². The van der Waals surface area contributed by atoms with E-state index in [4.69, 9.17) is 4.98 Å². The van der Waals surface area contributed by atoms with Gasteiger partial charge in [-0.1, -0.05) is 24.6 Å². The number of aryl methyl sites for hydroxylation is 1. The van der Waals surface area contributed by atoms with Gasteiger partial charge in [0.1, 0.15) is 0 Å². The number of benzene rings is 2. The van der Waals surface area contributed by atoms with Gasteiger partial charge in [-0.15, -0.1) is 12.4 Å². The third-order valence-electron chi connectivity index (χ3n) is 7.50. The van der Waals surface area contributed by atoms with Crippen molar-refractivity contribution in [2.24, 2.45) is 18.9 Å². The summed E-state index contributed by atoms with van der Waals surface area (Å²) >= 11 is 0. The average Bonchev–Trinajstić information content (AvgIpc) is 3.56. The number of aromatic nitrogens is 3. The number of fused-ring (bicyclic) bond motifs is 2. The standard InChI is InChI=1S/C28H32N4O.ClH/c1-31-25-12-11-22(27(33)14-20-6-4-5-13-29-17-20)15-23(25)30-28(31)26-16-21-7-2-3-8-24(21)32(26)18-19-9-10-19;/h2-3,7-8,11-12,15-16,19-20,29H,4-6,9-10,13-14,17-18H2,1H3;1H. The first-order chi connectivity index (χ1) is 16.2. The van der Waals surface area contributed by atoms with Crippen LogP contribution in [0.3, 0.4) is 0 Å². The first-order valence-corrected chi connectivity index (χ1v) is 12.5. The topological polar surface area (TPSA) is 51.9 Å². The highest BCUT2D eigenvalue weighted by molar-refractivity contribution is 5.99. The molecule has 34 heavy (non-hydrogen) atoms. The number of para-hydroxylation sites is 1. The monoisotopic (exact) mass is 476 g/mol. The average molecular weight is 477 g/mol. The molecule has 6 rings (SSSR count). The minimum Gasteiger partial charge on any atom is -0.338 e. The molecule has 1 saturated carbocycles. The molecule has 3 heterocycles. The lowest BCUT2D eigenvalue weighted by atomic mass is 9.94. The molecule has 2 fully saturated rings. The third kappa shape index (κ3) is 4.39. The molecule has 1 N–H and O–H groups in total. The summed E-state index contributed by atoms with van der Waals surface area (Å²) < 4.78 is 4.62. The number of imidazole rings is 1. The van der Waals surface area contributed by atoms with Gasteiger partial charge in [0.2, 0.25) is 0 Å². The lowest BCUT2D eigenvalue weighted by Crippen LogP contribution is -2.22. The van der Waals surface area contributed by atoms with Gasteiger partial charge in [-0.3, -0.25) is 4.79 Å². The molecule has 5 nitrogen and oxygen atoms in total. The number of ketones is 1. The Bertz CT molecular complexity index is 1330. The van der Waals surface area contributed by atoms with Crippen LogP contribution in [0.25, 0.3) is 33.5 Å². The molecule has 4 aromatic rings. The number of carbonyl (C=O) groups excluding carboxylic acids is 1. The molecule has 2 aromatic heterocycles. The quantitative estimate of drug-likeness (QED) is 0.348. The second-order valence-corrected chi connectivity index (χ2v) is 10.0. The van der Waals surface area contributed by atoms with Gasteiger partial charge in [0.15, 0.2) is 11.6 Å². The zero-order valence-electron chi connectivity index (χ0n) is 19.8. The van der Waals surface area contributed by atoms with Crippen molar-refractivity contribution < 1.29 is 4.79 Å². The summed E-state index contributed by atoms with van der Waals surface area (Å²) in [6.45, 7) is 3.07. The van der Waals surface area contributed by atoms with Crippen LogP contribution in [0.15, 0.2) is 48.5 Å². The lowest BCUT2D eigenvalue weighted by molar-refractivity contribution is 0.0959. The van der Waals surface area contributed by atoms with Crippen molar-refractivity contribution in [3.05, 3.63) is 54.1 Å². The molecule has 0 amide bonds. The van der Waals surface area contributed by atoms with Gasteiger partial charge in [-0.05, 0) is 80.9 Å². The Morgan fingerprint density at radius 2 is 1.88 bits per heavy atom. The number of hydrogen-bond donors (Lipinski definition) is 1. The van der Waals surface area contributed by atoms with E-state index in [2.05, 4.69) is 57.9 Å². The lowest BCUT2D eigenvalue weighted by Gasteiger charge is -2.13. The summed E-state index contributed by atoms with van der Waals surface area (Å²) in [5.41, 5.74) is 5.20. The van der Waals surface area contributed by atoms with E-state index in [1.807, 2.05) is 12.1 Å². The van der Waals surface area contributed by atoms with Crippen molar-refractivity contribution >= 4 is 40.1 Å². The second-order valence-electron chi connectivity index (χ2n) is 10.0. The summed E-state index contributed by atoms with van der Waals surface area (Å²) in [6.07, 6.45) is 6.81. The van der Waals surface area contributed by atoms with E-state index in [1.165, 1.54) is 42.3 Å². The minimum atomic E-state index is 0. The maximum atomic E-state index is 13.1. The molecule has 2 aromatic carbocycles. The molecular weight excluding hydrogens is 444 g/mol. The number of nitrogens with one attached hydrogen (secondary N) is 1. The van der Waals surface area contributed by atoms with Crippen LogP contribution in [0, 0.1) is 11.8 Å². The van der Waals surface area contributed by atoms with Crippen molar-refractivity contribution in [1.82, 2.24) is 19.4 Å². The fraction of sp³-hybridized carbons (Fsp3) is 0.429. The highest BCUT2D eigenvalue weighted by Gasteiger charge is 2.25. The fourth-order valence-electron chi connectivity index (χ4n) is 5.40. The van der Waals surface area contributed by atoms with Crippen LogP contribution in [0.4, 0.5) is 0 Å². The molecule has 6 heteroatoms. The summed E-state index contributed by atoms with van der Waals surface area (Å²) in [6, 6.07) is 16.9. The normalized spacial score (nSPS) is 18.7. The Labute approximate surface area is 207 Å². The molecule has 1 atom stereocenters. The van der Waals surface area contributed by atoms with Gasteiger partial charge in [-0.2, -0.15) is 0 Å². The predicted octanol–water partition coefficient (Wildman–Crippen LogP) is 5.99. The smallest absolute Gasteiger partial charge is 0.163 e. The van der Waals surface area contributed by atoms with Gasteiger partial charge in [0.25, 0.3) is 0 Å². The molecular formula is C28H33ClN4O. The van der Waals surface area contributed by atoms with E-state index >= 15 is 0 Å². The number of Topliss-reactive ketones (excluding diaryl/α,β-unsaturated/α-hetero) is 1. The maximum Gasteiger partial charge on any atom is 0.163 e. The summed E-state index contributed by atoms with van der Waals surface area (Å²) in [7, 11) is 2.09. The summed E-state index contributed by atoms with van der Waals surface area (Å²) in [4.78, 5) is 18.1. The number of halogens is 1. The highest BCUT2D eigenvalue weighted by atomic mass is 35.5. The van der Waals surface area contributed by atoms with Crippen molar-refractivity contribution in [2.75, 3.05) is 13.1 Å². The van der Waals surface area contributed by atoms with E-state index in [0.717, 1.165) is 54.4 Å². The van der Waals surface area contributed by atoms with Crippen LogP contribution >= 0.6 is 12.4 Å². The first-order valence-electron chi connectivity index (χ1n) is 12.5. The van der Waals surface area contributed by atoms with Gasteiger partial charge < -0.3 is 14.5 Å². The largest absolute Gasteiger partial charge is 0.338 e. The molecule has 0 radical (unpaired) electrons. The van der Waals surface area contributed by atoms with Crippen LogP contribution in [0.1, 0.15) is 48.9 Å². The van der Waals surface area contributed by atoms with Crippen LogP contribution in [0.5, 0.6) is 0 Å². The molecule has 1 saturated heterocycles. The van der Waals surface area contributed by atoms with Crippen molar-refractivity contribution in [1.29, 1.82) is 0 Å². The molecule has 1 aliphatic heterocycles. The Hall–Kier alpha value is -2.63. The minimum absolute atomic E-state index is 0. The van der Waals surface area contributed by atoms with Crippen molar-refractivity contribution in [2.45, 2.75) is 45.1 Å². The van der Waals surface area contributed by atoms with Gasteiger partial charge in [0.05, 0.1) is 16.7 Å². The number of carbonyl (C=O) groups is 1. The van der Waals surface area contributed by atoms with E-state index < -0.39 is 0 Å². The summed E-state index contributed by atoms with van der Waals surface area (Å²) in [5, 5.41) is 4.73. The van der Waals surface area contributed by atoms with Crippen LogP contribution in [0.2, 0.25) is 0 Å². The van der Waals surface area contributed by atoms with E-state index in [1.54, 1.807) is 0 Å². The van der Waals surface area contributed by atoms with Gasteiger partial charge in [0, 0.05) is 36.5 Å².